The van der Waals surface area contributed by atoms with Crippen LogP contribution in [-0.2, 0) is 11.3 Å². The van der Waals surface area contributed by atoms with Crippen molar-refractivity contribution >= 4 is 50.2 Å². The molecule has 174 valence electrons. The first-order chi connectivity index (χ1) is 16.0. The van der Waals surface area contributed by atoms with Crippen LogP contribution < -0.4 is 20.1 Å². The summed E-state index contributed by atoms with van der Waals surface area (Å²) in [6.07, 6.45) is 1.66. The van der Waals surface area contributed by atoms with Crippen LogP contribution in [0.2, 0.25) is 0 Å². The van der Waals surface area contributed by atoms with Crippen molar-refractivity contribution in [3.63, 3.8) is 0 Å². The number of benzene rings is 1. The minimum Gasteiger partial charge on any atom is -0.490 e. The zero-order chi connectivity index (χ0) is 23.5. The molecule has 0 radical (unpaired) electrons. The molecule has 2 aromatic heterocycles. The van der Waals surface area contributed by atoms with Gasteiger partial charge < -0.3 is 14.5 Å². The molecule has 1 aliphatic rings. The number of aromatic nitrogens is 3. The first-order valence-corrected chi connectivity index (χ1v) is 12.7. The molecule has 0 fully saturated rings. The molecule has 3 aromatic rings. The summed E-state index contributed by atoms with van der Waals surface area (Å²) in [4.78, 5) is 39.4. The van der Waals surface area contributed by atoms with Gasteiger partial charge in [0.05, 0.1) is 18.0 Å². The van der Waals surface area contributed by atoms with Gasteiger partial charge in [-0.1, -0.05) is 35.2 Å². The molecule has 33 heavy (non-hydrogen) atoms. The number of ether oxygens (including phenoxy) is 1. The molecule has 0 atom stereocenters. The average Bonchev–Trinajstić information content (AvgIpc) is 3.24. The standard InChI is InChI=1S/C23H27N5O3S2/c1-5-10-28-21(30)19-20(24-22(33-19)26(6-2)7-3)25-23(28)32-14-18(29)27-11-12-31-17-9-8-15(4)13-16(17)27/h5,8-9,13H,1,6-7,10-12,14H2,2-4H3. The largest absolute Gasteiger partial charge is 0.490 e. The molecule has 1 aliphatic heterocycles. The molecule has 0 saturated heterocycles. The van der Waals surface area contributed by atoms with E-state index < -0.39 is 0 Å². The number of hydrogen-bond acceptors (Lipinski definition) is 8. The smallest absolute Gasteiger partial charge is 0.274 e. The number of hydrogen-bond donors (Lipinski definition) is 0. The number of amides is 1. The second kappa shape index (κ2) is 9.96. The first-order valence-electron chi connectivity index (χ1n) is 10.9. The molecule has 8 nitrogen and oxygen atoms in total. The Bertz CT molecular complexity index is 1250. The third-order valence-electron chi connectivity index (χ3n) is 5.42. The lowest BCUT2D eigenvalue weighted by atomic mass is 10.1. The second-order valence-electron chi connectivity index (χ2n) is 7.57. The minimum absolute atomic E-state index is 0.0586. The highest BCUT2D eigenvalue weighted by Crippen LogP contribution is 2.33. The van der Waals surface area contributed by atoms with Gasteiger partial charge >= 0.3 is 0 Å². The Labute approximate surface area is 200 Å². The molecule has 10 heteroatoms. The van der Waals surface area contributed by atoms with Crippen LogP contribution in [-0.4, -0.2) is 52.4 Å². The van der Waals surface area contributed by atoms with Gasteiger partial charge in [-0.3, -0.25) is 14.2 Å². The van der Waals surface area contributed by atoms with Crippen LogP contribution in [0.4, 0.5) is 10.8 Å². The van der Waals surface area contributed by atoms with E-state index in [1.165, 1.54) is 23.1 Å². The van der Waals surface area contributed by atoms with Crippen LogP contribution in [0.1, 0.15) is 19.4 Å². The number of carbonyl (C=O) groups is 1. The van der Waals surface area contributed by atoms with Crippen LogP contribution in [0.25, 0.3) is 10.3 Å². The van der Waals surface area contributed by atoms with E-state index >= 15 is 0 Å². The van der Waals surface area contributed by atoms with E-state index in [4.69, 9.17) is 4.74 Å². The third kappa shape index (κ3) is 4.63. The van der Waals surface area contributed by atoms with Crippen molar-refractivity contribution in [1.29, 1.82) is 0 Å². The van der Waals surface area contributed by atoms with Gasteiger partial charge in [-0.2, -0.15) is 4.98 Å². The zero-order valence-electron chi connectivity index (χ0n) is 19.0. The second-order valence-corrected chi connectivity index (χ2v) is 9.49. The lowest BCUT2D eigenvalue weighted by molar-refractivity contribution is -0.116. The number of nitrogens with zero attached hydrogens (tertiary/aromatic N) is 5. The van der Waals surface area contributed by atoms with Crippen LogP contribution in [0, 0.1) is 6.92 Å². The van der Waals surface area contributed by atoms with Gasteiger partial charge in [0.2, 0.25) is 5.91 Å². The Hall–Kier alpha value is -2.85. The van der Waals surface area contributed by atoms with Crippen molar-refractivity contribution < 1.29 is 9.53 Å². The summed E-state index contributed by atoms with van der Waals surface area (Å²) in [6.45, 7) is 12.7. The highest BCUT2D eigenvalue weighted by Gasteiger charge is 2.25. The maximum atomic E-state index is 13.2. The minimum atomic E-state index is -0.155. The summed E-state index contributed by atoms with van der Waals surface area (Å²) in [7, 11) is 0. The van der Waals surface area contributed by atoms with E-state index in [0.717, 1.165) is 29.5 Å². The van der Waals surface area contributed by atoms with Crippen molar-refractivity contribution in [3.8, 4) is 5.75 Å². The summed E-state index contributed by atoms with van der Waals surface area (Å²) >= 11 is 2.61. The van der Waals surface area contributed by atoms with Gasteiger partial charge in [0.25, 0.3) is 5.56 Å². The van der Waals surface area contributed by atoms with Gasteiger partial charge in [0.1, 0.15) is 17.1 Å². The maximum absolute atomic E-state index is 13.2. The summed E-state index contributed by atoms with van der Waals surface area (Å²) in [6, 6.07) is 5.82. The SMILES string of the molecule is C=CCn1c(SCC(=O)N2CCOc3ccc(C)cc32)nc2nc(N(CC)CC)sc2c1=O. The van der Waals surface area contributed by atoms with Crippen LogP contribution in [0.15, 0.2) is 40.8 Å². The number of anilines is 2. The number of rotatable bonds is 8. The van der Waals surface area contributed by atoms with Gasteiger partial charge in [0.15, 0.2) is 15.9 Å². The first kappa shape index (κ1) is 23.3. The predicted molar refractivity (Wildman–Crippen MR) is 135 cm³/mol. The Morgan fingerprint density at radius 1 is 1.33 bits per heavy atom. The van der Waals surface area contributed by atoms with E-state index in [1.807, 2.05) is 25.1 Å². The van der Waals surface area contributed by atoms with Crippen molar-refractivity contribution in [2.45, 2.75) is 32.5 Å². The molecule has 0 unspecified atom stereocenters. The molecular weight excluding hydrogens is 458 g/mol. The predicted octanol–water partition coefficient (Wildman–Crippen LogP) is 3.71. The zero-order valence-corrected chi connectivity index (χ0v) is 20.7. The number of thiazole rings is 1. The monoisotopic (exact) mass is 485 g/mol. The molecular formula is C23H27N5O3S2. The topological polar surface area (TPSA) is 80.6 Å². The van der Waals surface area contributed by atoms with Crippen molar-refractivity contribution in [2.75, 3.05) is 41.8 Å². The molecule has 1 aromatic carbocycles. The molecule has 3 heterocycles. The number of fused-ring (bicyclic) bond motifs is 2. The van der Waals surface area contributed by atoms with E-state index in [9.17, 15) is 9.59 Å². The molecule has 4 rings (SSSR count). The number of thioether (sulfide) groups is 1. The maximum Gasteiger partial charge on any atom is 0.274 e. The quantitative estimate of drug-likeness (QED) is 0.273. The van der Waals surface area contributed by atoms with Gasteiger partial charge in [-0.15, -0.1) is 6.58 Å². The van der Waals surface area contributed by atoms with Crippen molar-refractivity contribution in [2.24, 2.45) is 0 Å². The Balaban J connectivity index is 1.62. The fourth-order valence-corrected chi connectivity index (χ4v) is 5.65. The van der Waals surface area contributed by atoms with Gasteiger partial charge in [-0.25, -0.2) is 4.98 Å². The van der Waals surface area contributed by atoms with E-state index in [1.54, 1.807) is 15.5 Å². The molecule has 1 amide bonds. The molecule has 0 spiro atoms. The number of allylic oxidation sites excluding steroid dienone is 1. The highest BCUT2D eigenvalue weighted by molar-refractivity contribution is 7.99. The summed E-state index contributed by atoms with van der Waals surface area (Å²) in [5, 5.41) is 1.25. The lowest BCUT2D eigenvalue weighted by Gasteiger charge is -2.29. The van der Waals surface area contributed by atoms with E-state index in [0.29, 0.717) is 40.9 Å². The van der Waals surface area contributed by atoms with Crippen LogP contribution in [0.5, 0.6) is 5.75 Å². The van der Waals surface area contributed by atoms with Crippen molar-refractivity contribution in [3.05, 3.63) is 46.8 Å². The molecule has 0 bridgehead atoms. The van der Waals surface area contributed by atoms with Crippen LogP contribution >= 0.6 is 23.1 Å². The normalized spacial score (nSPS) is 13.0. The van der Waals surface area contributed by atoms with E-state index in [-0.39, 0.29) is 17.2 Å². The summed E-state index contributed by atoms with van der Waals surface area (Å²) < 4.78 is 7.78. The van der Waals surface area contributed by atoms with E-state index in [2.05, 4.69) is 35.3 Å². The van der Waals surface area contributed by atoms with Gasteiger partial charge in [0, 0.05) is 19.6 Å². The van der Waals surface area contributed by atoms with Gasteiger partial charge in [-0.05, 0) is 38.5 Å². The Morgan fingerprint density at radius 2 is 2.12 bits per heavy atom. The molecule has 0 saturated carbocycles. The van der Waals surface area contributed by atoms with Crippen LogP contribution in [0.3, 0.4) is 0 Å². The molecule has 0 aliphatic carbocycles. The average molecular weight is 486 g/mol. The molecule has 0 N–H and O–H groups in total. The fraction of sp³-hybridized carbons (Fsp3) is 0.391. The number of aryl methyl sites for hydroxylation is 1. The highest BCUT2D eigenvalue weighted by atomic mass is 32.2. The third-order valence-corrected chi connectivity index (χ3v) is 7.47. The lowest BCUT2D eigenvalue weighted by Crippen LogP contribution is -2.39. The fourth-order valence-electron chi connectivity index (χ4n) is 3.70. The summed E-state index contributed by atoms with van der Waals surface area (Å²) in [5.74, 6) is 0.798. The Morgan fingerprint density at radius 3 is 2.85 bits per heavy atom. The Kier molecular flexibility index (Phi) is 7.04. The summed E-state index contributed by atoms with van der Waals surface area (Å²) in [5.41, 5.74) is 2.11. The number of carbonyl (C=O) groups excluding carboxylic acids is 1. The van der Waals surface area contributed by atoms with Crippen molar-refractivity contribution in [1.82, 2.24) is 14.5 Å².